The number of thioether (sulfide) groups is 1. The van der Waals surface area contributed by atoms with Gasteiger partial charge in [-0.1, -0.05) is 16.9 Å². The van der Waals surface area contributed by atoms with Crippen molar-refractivity contribution in [1.29, 1.82) is 0 Å². The van der Waals surface area contributed by atoms with Gasteiger partial charge in [-0.15, -0.1) is 0 Å². The van der Waals surface area contributed by atoms with Crippen molar-refractivity contribution in [2.24, 2.45) is 0 Å². The van der Waals surface area contributed by atoms with Gasteiger partial charge in [0.25, 0.3) is 0 Å². The molecule has 2 rings (SSSR count). The summed E-state index contributed by atoms with van der Waals surface area (Å²) in [6.07, 6.45) is 1.22. The molecule has 0 aliphatic carbocycles. The Morgan fingerprint density at radius 2 is 2.22 bits per heavy atom. The molecule has 18 heavy (non-hydrogen) atoms. The maximum absolute atomic E-state index is 10.9. The van der Waals surface area contributed by atoms with E-state index in [4.69, 9.17) is 9.63 Å². The second kappa shape index (κ2) is 5.22. The number of hydrogen-bond donors (Lipinski definition) is 1. The molecule has 6 heteroatoms. The van der Waals surface area contributed by atoms with Gasteiger partial charge in [0.15, 0.2) is 5.76 Å². The molecular formula is C12H12N2O3S. The third-order valence-electron chi connectivity index (χ3n) is 2.30. The molecular weight excluding hydrogens is 252 g/mol. The van der Waals surface area contributed by atoms with Gasteiger partial charge >= 0.3 is 5.97 Å². The number of carbonyl (C=O) groups is 1. The monoisotopic (exact) mass is 264 g/mol. The lowest BCUT2D eigenvalue weighted by Gasteiger charge is -2.02. The highest BCUT2D eigenvalue weighted by Crippen LogP contribution is 2.24. The van der Waals surface area contributed by atoms with E-state index in [0.717, 1.165) is 16.3 Å². The molecule has 5 nitrogen and oxygen atoms in total. The molecule has 0 bridgehead atoms. The lowest BCUT2D eigenvalue weighted by Crippen LogP contribution is -1.97. The Hall–Kier alpha value is -1.82. The van der Waals surface area contributed by atoms with Gasteiger partial charge in [-0.3, -0.25) is 0 Å². The van der Waals surface area contributed by atoms with Gasteiger partial charge in [0, 0.05) is 5.69 Å². The largest absolute Gasteiger partial charge is 0.478 e. The van der Waals surface area contributed by atoms with E-state index in [0.29, 0.717) is 11.5 Å². The molecule has 1 N–H and O–H groups in total. The molecule has 0 aliphatic heterocycles. The normalized spacial score (nSPS) is 10.6. The summed E-state index contributed by atoms with van der Waals surface area (Å²) in [5, 5.41) is 13.3. The first-order valence-corrected chi connectivity index (χ1v) is 6.30. The van der Waals surface area contributed by atoms with Crippen molar-refractivity contribution in [3.8, 4) is 0 Å². The Kier molecular flexibility index (Phi) is 3.66. The third kappa shape index (κ3) is 2.89. The average molecular weight is 264 g/mol. The summed E-state index contributed by atoms with van der Waals surface area (Å²) in [5.41, 5.74) is 2.17. The SMILES string of the molecule is Cc1cc(C)nc(SCc2oncc2C(=O)O)c1. The van der Waals surface area contributed by atoms with E-state index < -0.39 is 5.97 Å². The van der Waals surface area contributed by atoms with Gasteiger partial charge in [-0.05, 0) is 31.5 Å². The number of aryl methyl sites for hydroxylation is 2. The molecule has 2 aromatic heterocycles. The van der Waals surface area contributed by atoms with Crippen LogP contribution in [0, 0.1) is 13.8 Å². The predicted octanol–water partition coefficient (Wildman–Crippen LogP) is 2.68. The van der Waals surface area contributed by atoms with Crippen LogP contribution in [0.4, 0.5) is 0 Å². The molecule has 0 aromatic carbocycles. The fraction of sp³-hybridized carbons (Fsp3) is 0.250. The summed E-state index contributed by atoms with van der Waals surface area (Å²) in [5.74, 6) is -0.272. The van der Waals surface area contributed by atoms with Crippen LogP contribution in [0.3, 0.4) is 0 Å². The van der Waals surface area contributed by atoms with Crippen molar-refractivity contribution in [3.05, 3.63) is 40.9 Å². The topological polar surface area (TPSA) is 76.2 Å². The number of rotatable bonds is 4. The highest BCUT2D eigenvalue weighted by Gasteiger charge is 2.15. The minimum absolute atomic E-state index is 0.104. The van der Waals surface area contributed by atoms with Crippen LogP contribution in [0.1, 0.15) is 27.4 Å². The van der Waals surface area contributed by atoms with Crippen molar-refractivity contribution in [2.45, 2.75) is 24.6 Å². The molecule has 0 atom stereocenters. The number of hydrogen-bond acceptors (Lipinski definition) is 5. The minimum Gasteiger partial charge on any atom is -0.478 e. The summed E-state index contributed by atoms with van der Waals surface area (Å²) in [6, 6.07) is 3.94. The van der Waals surface area contributed by atoms with Crippen molar-refractivity contribution < 1.29 is 14.4 Å². The highest BCUT2D eigenvalue weighted by atomic mass is 32.2. The number of carboxylic acid groups (broad SMARTS) is 1. The Morgan fingerprint density at radius 1 is 1.44 bits per heavy atom. The Bertz CT molecular complexity index is 560. The number of carboxylic acids is 1. The minimum atomic E-state index is -1.03. The Morgan fingerprint density at radius 3 is 2.89 bits per heavy atom. The van der Waals surface area contributed by atoms with Crippen LogP contribution in [0.25, 0.3) is 0 Å². The number of aromatic nitrogens is 2. The summed E-state index contributed by atoms with van der Waals surface area (Å²) in [4.78, 5) is 15.2. The van der Waals surface area contributed by atoms with Crippen LogP contribution >= 0.6 is 11.8 Å². The van der Waals surface area contributed by atoms with E-state index in [1.165, 1.54) is 18.0 Å². The van der Waals surface area contributed by atoms with Gasteiger partial charge in [0.05, 0.1) is 17.0 Å². The van der Waals surface area contributed by atoms with Crippen molar-refractivity contribution >= 4 is 17.7 Å². The Balaban J connectivity index is 2.11. The molecule has 2 aromatic rings. The second-order valence-electron chi connectivity index (χ2n) is 3.88. The standard InChI is InChI=1S/C12H12N2O3S/c1-7-3-8(2)14-11(4-7)18-6-10-9(12(15)16)5-13-17-10/h3-5H,6H2,1-2H3,(H,15,16). The van der Waals surface area contributed by atoms with E-state index in [2.05, 4.69) is 10.1 Å². The summed E-state index contributed by atoms with van der Waals surface area (Å²) in [6.45, 7) is 3.92. The number of aromatic carboxylic acids is 1. The Labute approximate surface area is 108 Å². The first-order valence-electron chi connectivity index (χ1n) is 5.31. The lowest BCUT2D eigenvalue weighted by atomic mass is 10.3. The molecule has 0 amide bonds. The first kappa shape index (κ1) is 12.6. The van der Waals surface area contributed by atoms with E-state index in [1.54, 1.807) is 0 Å². The van der Waals surface area contributed by atoms with E-state index >= 15 is 0 Å². The smallest absolute Gasteiger partial charge is 0.341 e. The van der Waals surface area contributed by atoms with Gasteiger partial charge < -0.3 is 9.63 Å². The predicted molar refractivity (Wildman–Crippen MR) is 66.7 cm³/mol. The summed E-state index contributed by atoms with van der Waals surface area (Å²) in [7, 11) is 0. The number of pyridine rings is 1. The van der Waals surface area contributed by atoms with E-state index in [9.17, 15) is 4.79 Å². The van der Waals surface area contributed by atoms with Crippen LogP contribution in [0.2, 0.25) is 0 Å². The lowest BCUT2D eigenvalue weighted by molar-refractivity contribution is 0.0695. The quantitative estimate of drug-likeness (QED) is 0.855. The van der Waals surface area contributed by atoms with Gasteiger partial charge in [-0.25, -0.2) is 9.78 Å². The molecule has 0 aliphatic rings. The van der Waals surface area contributed by atoms with Crippen LogP contribution in [-0.2, 0) is 5.75 Å². The molecule has 0 saturated carbocycles. The van der Waals surface area contributed by atoms with Crippen LogP contribution < -0.4 is 0 Å². The number of nitrogens with zero attached hydrogens (tertiary/aromatic N) is 2. The first-order chi connectivity index (χ1) is 8.56. The fourth-order valence-electron chi connectivity index (χ4n) is 1.56. The summed E-state index contributed by atoms with van der Waals surface area (Å²) < 4.78 is 4.93. The van der Waals surface area contributed by atoms with Crippen LogP contribution in [0.15, 0.2) is 27.9 Å². The van der Waals surface area contributed by atoms with Crippen molar-refractivity contribution in [1.82, 2.24) is 10.1 Å². The van der Waals surface area contributed by atoms with Gasteiger partial charge in [-0.2, -0.15) is 0 Å². The van der Waals surface area contributed by atoms with Crippen molar-refractivity contribution in [2.75, 3.05) is 0 Å². The van der Waals surface area contributed by atoms with Crippen molar-refractivity contribution in [3.63, 3.8) is 0 Å². The third-order valence-corrected chi connectivity index (χ3v) is 3.21. The molecule has 0 unspecified atom stereocenters. The highest BCUT2D eigenvalue weighted by molar-refractivity contribution is 7.98. The van der Waals surface area contributed by atoms with Crippen LogP contribution in [-0.4, -0.2) is 21.2 Å². The van der Waals surface area contributed by atoms with E-state index in [1.807, 2.05) is 26.0 Å². The average Bonchev–Trinajstić information content (AvgIpc) is 2.73. The zero-order valence-electron chi connectivity index (χ0n) is 10.0. The maximum Gasteiger partial charge on any atom is 0.341 e. The molecule has 0 spiro atoms. The zero-order chi connectivity index (χ0) is 13.1. The van der Waals surface area contributed by atoms with Gasteiger partial charge in [0.2, 0.25) is 0 Å². The molecule has 94 valence electrons. The van der Waals surface area contributed by atoms with Gasteiger partial charge in [0.1, 0.15) is 5.56 Å². The molecule has 2 heterocycles. The maximum atomic E-state index is 10.9. The molecule has 0 radical (unpaired) electrons. The zero-order valence-corrected chi connectivity index (χ0v) is 10.8. The molecule has 0 saturated heterocycles. The molecule has 0 fully saturated rings. The van der Waals surface area contributed by atoms with E-state index in [-0.39, 0.29) is 5.56 Å². The fourth-order valence-corrected chi connectivity index (χ4v) is 2.53. The second-order valence-corrected chi connectivity index (χ2v) is 4.88. The van der Waals surface area contributed by atoms with Crippen LogP contribution in [0.5, 0.6) is 0 Å². The summed E-state index contributed by atoms with van der Waals surface area (Å²) >= 11 is 1.43.